The Kier molecular flexibility index (Phi) is 5.58. The van der Waals surface area contributed by atoms with E-state index in [1.807, 2.05) is 19.1 Å². The number of halogens is 2. The van der Waals surface area contributed by atoms with Crippen LogP contribution in [0.2, 0.25) is 10.0 Å². The smallest absolute Gasteiger partial charge is 0.150 e. The zero-order chi connectivity index (χ0) is 15.6. The second-order valence-corrected chi connectivity index (χ2v) is 9.04. The van der Waals surface area contributed by atoms with Gasteiger partial charge in [0.05, 0.1) is 5.25 Å². The van der Waals surface area contributed by atoms with Gasteiger partial charge in [0.15, 0.2) is 0 Å². The number of hydrogen-bond acceptors (Lipinski definition) is 3. The third-order valence-corrected chi connectivity index (χ3v) is 6.35. The molecule has 0 saturated heterocycles. The molecule has 0 amide bonds. The Bertz CT molecular complexity index is 604. The highest BCUT2D eigenvalue weighted by molar-refractivity contribution is 7.91. The molecule has 1 aromatic carbocycles. The van der Waals surface area contributed by atoms with Crippen molar-refractivity contribution >= 4 is 33.0 Å². The molecule has 21 heavy (non-hydrogen) atoms. The Morgan fingerprint density at radius 2 is 2.00 bits per heavy atom. The maximum Gasteiger partial charge on any atom is 0.150 e. The molecule has 6 heteroatoms. The second kappa shape index (κ2) is 6.86. The molecule has 0 bridgehead atoms. The lowest BCUT2D eigenvalue weighted by atomic mass is 9.93. The molecule has 0 radical (unpaired) electrons. The van der Waals surface area contributed by atoms with Crippen molar-refractivity contribution in [2.24, 2.45) is 0 Å². The van der Waals surface area contributed by atoms with Crippen molar-refractivity contribution in [2.75, 3.05) is 6.26 Å². The zero-order valence-electron chi connectivity index (χ0n) is 12.3. The minimum absolute atomic E-state index is 0.0677. The summed E-state index contributed by atoms with van der Waals surface area (Å²) in [6, 6.07) is 5.75. The Labute approximate surface area is 136 Å². The first kappa shape index (κ1) is 17.1. The fourth-order valence-corrected chi connectivity index (χ4v) is 4.73. The van der Waals surface area contributed by atoms with Crippen LogP contribution in [0.3, 0.4) is 0 Å². The van der Waals surface area contributed by atoms with Gasteiger partial charge in [0, 0.05) is 28.4 Å². The van der Waals surface area contributed by atoms with Crippen LogP contribution in [-0.4, -0.2) is 26.0 Å². The van der Waals surface area contributed by atoms with Crippen LogP contribution >= 0.6 is 23.2 Å². The van der Waals surface area contributed by atoms with Gasteiger partial charge < -0.3 is 5.32 Å². The monoisotopic (exact) mass is 349 g/mol. The van der Waals surface area contributed by atoms with Crippen molar-refractivity contribution < 1.29 is 8.42 Å². The molecule has 3 nitrogen and oxygen atoms in total. The topological polar surface area (TPSA) is 46.2 Å². The Morgan fingerprint density at radius 3 is 2.62 bits per heavy atom. The molecule has 0 heterocycles. The van der Waals surface area contributed by atoms with Gasteiger partial charge >= 0.3 is 0 Å². The van der Waals surface area contributed by atoms with Crippen LogP contribution in [0.5, 0.6) is 0 Å². The van der Waals surface area contributed by atoms with Gasteiger partial charge in [-0.05, 0) is 43.9 Å². The van der Waals surface area contributed by atoms with E-state index in [2.05, 4.69) is 5.32 Å². The van der Waals surface area contributed by atoms with E-state index >= 15 is 0 Å². The maximum absolute atomic E-state index is 11.7. The van der Waals surface area contributed by atoms with Gasteiger partial charge in [-0.25, -0.2) is 8.42 Å². The second-order valence-electron chi connectivity index (χ2n) is 5.87. The van der Waals surface area contributed by atoms with E-state index in [0.717, 1.165) is 24.8 Å². The van der Waals surface area contributed by atoms with Gasteiger partial charge in [-0.15, -0.1) is 0 Å². The summed E-state index contributed by atoms with van der Waals surface area (Å²) in [5.41, 5.74) is 0.988. The van der Waals surface area contributed by atoms with E-state index in [0.29, 0.717) is 16.5 Å². The van der Waals surface area contributed by atoms with Crippen molar-refractivity contribution in [1.29, 1.82) is 0 Å². The van der Waals surface area contributed by atoms with Crippen molar-refractivity contribution in [1.82, 2.24) is 5.32 Å². The Hall–Kier alpha value is -0.290. The van der Waals surface area contributed by atoms with Crippen molar-refractivity contribution in [3.63, 3.8) is 0 Å². The third-order valence-electron chi connectivity index (χ3n) is 4.15. The summed E-state index contributed by atoms with van der Waals surface area (Å²) in [5.74, 6) is 0. The first-order valence-corrected chi connectivity index (χ1v) is 9.88. The van der Waals surface area contributed by atoms with Crippen LogP contribution in [-0.2, 0) is 9.84 Å². The molecule has 1 aliphatic rings. The summed E-state index contributed by atoms with van der Waals surface area (Å²) in [4.78, 5) is 0. The van der Waals surface area contributed by atoms with E-state index in [-0.39, 0.29) is 17.3 Å². The van der Waals surface area contributed by atoms with Crippen LogP contribution < -0.4 is 5.32 Å². The predicted octanol–water partition coefficient (Wildman–Crippen LogP) is 4.00. The lowest BCUT2D eigenvalue weighted by Crippen LogP contribution is -2.39. The predicted molar refractivity (Wildman–Crippen MR) is 88.9 cm³/mol. The highest BCUT2D eigenvalue weighted by Crippen LogP contribution is 2.29. The molecule has 1 N–H and O–H groups in total. The lowest BCUT2D eigenvalue weighted by molar-refractivity contribution is 0.346. The minimum Gasteiger partial charge on any atom is -0.307 e. The molecule has 1 aromatic rings. The molecule has 3 atom stereocenters. The molecular weight excluding hydrogens is 329 g/mol. The summed E-state index contributed by atoms with van der Waals surface area (Å²) in [5, 5.41) is 4.53. The molecule has 118 valence electrons. The molecule has 0 aliphatic heterocycles. The Balaban J connectivity index is 2.03. The van der Waals surface area contributed by atoms with E-state index in [9.17, 15) is 8.42 Å². The molecule has 1 fully saturated rings. The van der Waals surface area contributed by atoms with Crippen LogP contribution in [0.25, 0.3) is 0 Å². The van der Waals surface area contributed by atoms with E-state index in [1.54, 1.807) is 6.07 Å². The fourth-order valence-electron chi connectivity index (χ4n) is 2.98. The van der Waals surface area contributed by atoms with Crippen molar-refractivity contribution in [3.8, 4) is 0 Å². The molecule has 1 saturated carbocycles. The summed E-state index contributed by atoms with van der Waals surface area (Å²) in [7, 11) is -2.96. The summed E-state index contributed by atoms with van der Waals surface area (Å²) in [6.07, 6.45) is 4.72. The number of sulfone groups is 1. The molecule has 2 rings (SSSR count). The first-order valence-electron chi connectivity index (χ1n) is 7.17. The fraction of sp³-hybridized carbons (Fsp3) is 0.600. The standard InChI is InChI=1S/C15H21Cl2NO2S/c1-10(14-7-6-11(16)8-15(14)17)18-12-4-3-5-13(9-12)21(2,19)20/h6-8,10,12-13,18H,3-5,9H2,1-2H3. The van der Waals surface area contributed by atoms with Crippen LogP contribution in [0.1, 0.15) is 44.2 Å². The van der Waals surface area contributed by atoms with Gasteiger partial charge in [-0.3, -0.25) is 0 Å². The number of hydrogen-bond donors (Lipinski definition) is 1. The first-order chi connectivity index (χ1) is 9.77. The van der Waals surface area contributed by atoms with E-state index in [1.165, 1.54) is 6.26 Å². The largest absolute Gasteiger partial charge is 0.307 e. The third kappa shape index (κ3) is 4.59. The Morgan fingerprint density at radius 1 is 1.29 bits per heavy atom. The summed E-state index contributed by atoms with van der Waals surface area (Å²) < 4.78 is 23.4. The molecular formula is C15H21Cl2NO2S. The highest BCUT2D eigenvalue weighted by atomic mass is 35.5. The van der Waals surface area contributed by atoms with Crippen LogP contribution in [0, 0.1) is 0 Å². The normalized spacial score (nSPS) is 24.8. The molecule has 3 unspecified atom stereocenters. The molecule has 0 aromatic heterocycles. The zero-order valence-corrected chi connectivity index (χ0v) is 14.6. The van der Waals surface area contributed by atoms with Gasteiger partial charge in [0.25, 0.3) is 0 Å². The number of nitrogens with one attached hydrogen (secondary N) is 1. The van der Waals surface area contributed by atoms with Crippen LogP contribution in [0.15, 0.2) is 18.2 Å². The van der Waals surface area contributed by atoms with Gasteiger partial charge in [0.1, 0.15) is 9.84 Å². The molecule has 1 aliphatic carbocycles. The quantitative estimate of drug-likeness (QED) is 0.893. The van der Waals surface area contributed by atoms with Crippen LogP contribution in [0.4, 0.5) is 0 Å². The van der Waals surface area contributed by atoms with Crippen molar-refractivity contribution in [2.45, 2.75) is 49.9 Å². The van der Waals surface area contributed by atoms with Gasteiger partial charge in [0.2, 0.25) is 0 Å². The number of rotatable bonds is 4. The summed E-state index contributed by atoms with van der Waals surface area (Å²) >= 11 is 12.1. The van der Waals surface area contributed by atoms with Gasteiger partial charge in [-0.2, -0.15) is 0 Å². The van der Waals surface area contributed by atoms with Gasteiger partial charge in [-0.1, -0.05) is 35.7 Å². The maximum atomic E-state index is 11.7. The van der Waals surface area contributed by atoms with Crippen molar-refractivity contribution in [3.05, 3.63) is 33.8 Å². The molecule has 0 spiro atoms. The SMILES string of the molecule is CC(NC1CCCC(S(C)(=O)=O)C1)c1ccc(Cl)cc1Cl. The minimum atomic E-state index is -2.96. The highest BCUT2D eigenvalue weighted by Gasteiger charge is 2.29. The lowest BCUT2D eigenvalue weighted by Gasteiger charge is -2.31. The van der Waals surface area contributed by atoms with E-state index < -0.39 is 9.84 Å². The average molecular weight is 350 g/mol. The summed E-state index contributed by atoms with van der Waals surface area (Å²) in [6.45, 7) is 2.04. The number of benzene rings is 1. The van der Waals surface area contributed by atoms with E-state index in [4.69, 9.17) is 23.2 Å². The average Bonchev–Trinajstić information content (AvgIpc) is 2.37.